The Bertz CT molecular complexity index is 401. The molecule has 0 atom stereocenters. The number of rotatable bonds is 2. The van der Waals surface area contributed by atoms with Gasteiger partial charge in [0.05, 0.1) is 10.7 Å². The molecule has 0 saturated heterocycles. The van der Waals surface area contributed by atoms with Crippen molar-refractivity contribution in [3.63, 3.8) is 0 Å². The molecule has 0 aliphatic heterocycles. The van der Waals surface area contributed by atoms with E-state index in [1.165, 1.54) is 38.5 Å². The summed E-state index contributed by atoms with van der Waals surface area (Å²) in [6.45, 7) is 0. The van der Waals surface area contributed by atoms with Gasteiger partial charge in [-0.25, -0.2) is 0 Å². The van der Waals surface area contributed by atoms with E-state index in [2.05, 4.69) is 10.6 Å². The van der Waals surface area contributed by atoms with E-state index < -0.39 is 0 Å². The van der Waals surface area contributed by atoms with Gasteiger partial charge in [-0.15, -0.1) is 0 Å². The minimum absolute atomic E-state index is 0.509. The summed E-state index contributed by atoms with van der Waals surface area (Å²) in [5.74, 6) is 0. The topological polar surface area (TPSA) is 24.1 Å². The van der Waals surface area contributed by atoms with Crippen molar-refractivity contribution in [3.8, 4) is 0 Å². The molecule has 1 aromatic rings. The lowest BCUT2D eigenvalue weighted by atomic mass is 10.1. The van der Waals surface area contributed by atoms with Gasteiger partial charge < -0.3 is 10.6 Å². The van der Waals surface area contributed by atoms with Crippen molar-refractivity contribution in [2.45, 2.75) is 44.6 Å². The van der Waals surface area contributed by atoms with Crippen molar-refractivity contribution in [3.05, 3.63) is 29.3 Å². The average molecular weight is 283 g/mol. The molecular formula is C14H19ClN2S. The van der Waals surface area contributed by atoms with E-state index in [-0.39, 0.29) is 0 Å². The van der Waals surface area contributed by atoms with Gasteiger partial charge in [-0.1, -0.05) is 49.4 Å². The summed E-state index contributed by atoms with van der Waals surface area (Å²) in [6.07, 6.45) is 7.72. The van der Waals surface area contributed by atoms with Crippen molar-refractivity contribution in [2.24, 2.45) is 0 Å². The number of benzene rings is 1. The van der Waals surface area contributed by atoms with Gasteiger partial charge in [0.15, 0.2) is 5.11 Å². The van der Waals surface area contributed by atoms with Crippen LogP contribution >= 0.6 is 23.8 Å². The third-order valence-corrected chi connectivity index (χ3v) is 3.86. The van der Waals surface area contributed by atoms with Gasteiger partial charge in [0.2, 0.25) is 0 Å². The summed E-state index contributed by atoms with van der Waals surface area (Å²) in [7, 11) is 0. The summed E-state index contributed by atoms with van der Waals surface area (Å²) in [5.41, 5.74) is 0.866. The zero-order valence-electron chi connectivity index (χ0n) is 10.4. The molecule has 4 heteroatoms. The smallest absolute Gasteiger partial charge is 0.171 e. The number of anilines is 1. The van der Waals surface area contributed by atoms with E-state index in [4.69, 9.17) is 23.8 Å². The molecule has 1 aromatic carbocycles. The highest BCUT2D eigenvalue weighted by Gasteiger charge is 2.13. The molecule has 1 aliphatic rings. The molecule has 0 unspecified atom stereocenters. The number of para-hydroxylation sites is 1. The summed E-state index contributed by atoms with van der Waals surface area (Å²) >= 11 is 11.4. The maximum atomic E-state index is 6.09. The Hall–Kier alpha value is -0.800. The van der Waals surface area contributed by atoms with Crippen LogP contribution in [0.3, 0.4) is 0 Å². The standard InChI is InChI=1S/C14H19ClN2S/c15-12-9-5-6-10-13(12)17-14(18)16-11-7-3-1-2-4-8-11/h5-6,9-11H,1-4,7-8H2,(H2,16,17,18). The van der Waals surface area contributed by atoms with Crippen LogP contribution in [0, 0.1) is 0 Å². The number of hydrogen-bond donors (Lipinski definition) is 2. The molecule has 0 aromatic heterocycles. The molecule has 98 valence electrons. The maximum absolute atomic E-state index is 6.09. The van der Waals surface area contributed by atoms with Crippen LogP contribution in [0.1, 0.15) is 38.5 Å². The zero-order valence-corrected chi connectivity index (χ0v) is 12.0. The molecule has 0 spiro atoms. The Kier molecular flexibility index (Phi) is 5.26. The van der Waals surface area contributed by atoms with Gasteiger partial charge in [-0.2, -0.15) is 0 Å². The second-order valence-corrected chi connectivity index (χ2v) is 5.58. The number of nitrogens with one attached hydrogen (secondary N) is 2. The fraction of sp³-hybridized carbons (Fsp3) is 0.500. The molecular weight excluding hydrogens is 264 g/mol. The van der Waals surface area contributed by atoms with Gasteiger partial charge in [0, 0.05) is 6.04 Å². The molecule has 0 amide bonds. The van der Waals surface area contributed by atoms with Gasteiger partial charge in [0.1, 0.15) is 0 Å². The van der Waals surface area contributed by atoms with E-state index in [1.807, 2.05) is 24.3 Å². The second kappa shape index (κ2) is 6.95. The number of halogens is 1. The molecule has 1 fully saturated rings. The molecule has 1 aliphatic carbocycles. The third-order valence-electron chi connectivity index (χ3n) is 3.31. The van der Waals surface area contributed by atoms with Crippen LogP contribution in [0.4, 0.5) is 5.69 Å². The largest absolute Gasteiger partial charge is 0.360 e. The molecule has 2 nitrogen and oxygen atoms in total. The van der Waals surface area contributed by atoms with Gasteiger partial charge in [-0.05, 0) is 37.2 Å². The minimum atomic E-state index is 0.509. The monoisotopic (exact) mass is 282 g/mol. The molecule has 0 bridgehead atoms. The lowest BCUT2D eigenvalue weighted by Gasteiger charge is -2.19. The van der Waals surface area contributed by atoms with Crippen LogP contribution in [-0.2, 0) is 0 Å². The van der Waals surface area contributed by atoms with Gasteiger partial charge in [-0.3, -0.25) is 0 Å². The fourth-order valence-corrected chi connectivity index (χ4v) is 2.79. The van der Waals surface area contributed by atoms with Crippen LogP contribution in [-0.4, -0.2) is 11.2 Å². The first-order chi connectivity index (χ1) is 8.75. The molecule has 2 rings (SSSR count). The van der Waals surface area contributed by atoms with E-state index >= 15 is 0 Å². The minimum Gasteiger partial charge on any atom is -0.360 e. The van der Waals surface area contributed by atoms with Crippen LogP contribution in [0.15, 0.2) is 24.3 Å². The van der Waals surface area contributed by atoms with Crippen molar-refractivity contribution in [1.82, 2.24) is 5.32 Å². The Morgan fingerprint density at radius 1 is 1.11 bits per heavy atom. The zero-order chi connectivity index (χ0) is 12.8. The van der Waals surface area contributed by atoms with Crippen LogP contribution in [0.25, 0.3) is 0 Å². The predicted octanol–water partition coefficient (Wildman–Crippen LogP) is 4.35. The van der Waals surface area contributed by atoms with Crippen molar-refractivity contribution in [1.29, 1.82) is 0 Å². The fourth-order valence-electron chi connectivity index (χ4n) is 2.33. The first-order valence-electron chi connectivity index (χ1n) is 6.58. The lowest BCUT2D eigenvalue weighted by molar-refractivity contribution is 0.535. The number of thiocarbonyl (C=S) groups is 1. The highest BCUT2D eigenvalue weighted by Crippen LogP contribution is 2.21. The van der Waals surface area contributed by atoms with E-state index in [0.29, 0.717) is 16.2 Å². The molecule has 0 heterocycles. The Balaban J connectivity index is 1.86. The first-order valence-corrected chi connectivity index (χ1v) is 7.36. The molecule has 18 heavy (non-hydrogen) atoms. The highest BCUT2D eigenvalue weighted by atomic mass is 35.5. The van der Waals surface area contributed by atoms with Crippen LogP contribution in [0.5, 0.6) is 0 Å². The maximum Gasteiger partial charge on any atom is 0.171 e. The van der Waals surface area contributed by atoms with Crippen molar-refractivity contribution >= 4 is 34.6 Å². The average Bonchev–Trinajstić information content (AvgIpc) is 2.61. The van der Waals surface area contributed by atoms with Gasteiger partial charge >= 0.3 is 0 Å². The van der Waals surface area contributed by atoms with E-state index in [1.54, 1.807) is 0 Å². The number of hydrogen-bond acceptors (Lipinski definition) is 1. The lowest BCUT2D eigenvalue weighted by Crippen LogP contribution is -2.37. The van der Waals surface area contributed by atoms with Crippen molar-refractivity contribution in [2.75, 3.05) is 5.32 Å². The summed E-state index contributed by atoms with van der Waals surface area (Å²) in [6, 6.07) is 8.16. The predicted molar refractivity (Wildman–Crippen MR) is 82.3 cm³/mol. The third kappa shape index (κ3) is 4.14. The Labute approximate surface area is 119 Å². The molecule has 2 N–H and O–H groups in total. The SMILES string of the molecule is S=C(Nc1ccccc1Cl)NC1CCCCCC1. The van der Waals surface area contributed by atoms with E-state index in [9.17, 15) is 0 Å². The second-order valence-electron chi connectivity index (χ2n) is 4.77. The summed E-state index contributed by atoms with van der Waals surface area (Å²) in [4.78, 5) is 0. The first kappa shape index (κ1) is 13.6. The highest BCUT2D eigenvalue weighted by molar-refractivity contribution is 7.80. The van der Waals surface area contributed by atoms with Gasteiger partial charge in [0.25, 0.3) is 0 Å². The Morgan fingerprint density at radius 3 is 2.44 bits per heavy atom. The van der Waals surface area contributed by atoms with Crippen LogP contribution in [0.2, 0.25) is 5.02 Å². The normalized spacial score (nSPS) is 16.9. The Morgan fingerprint density at radius 2 is 1.78 bits per heavy atom. The van der Waals surface area contributed by atoms with Crippen molar-refractivity contribution < 1.29 is 0 Å². The summed E-state index contributed by atoms with van der Waals surface area (Å²) in [5, 5.41) is 7.94. The molecule has 0 radical (unpaired) electrons. The summed E-state index contributed by atoms with van der Waals surface area (Å²) < 4.78 is 0. The van der Waals surface area contributed by atoms with E-state index in [0.717, 1.165) is 5.69 Å². The quantitative estimate of drug-likeness (QED) is 0.623. The van der Waals surface area contributed by atoms with Crippen LogP contribution < -0.4 is 10.6 Å². The molecule has 1 saturated carbocycles.